The van der Waals surface area contributed by atoms with E-state index in [1.807, 2.05) is 48.5 Å². The summed E-state index contributed by atoms with van der Waals surface area (Å²) < 4.78 is 5.28. The van der Waals surface area contributed by atoms with E-state index in [-0.39, 0.29) is 11.6 Å². The summed E-state index contributed by atoms with van der Waals surface area (Å²) in [5.74, 6) is 1.07. The molecule has 2 N–H and O–H groups in total. The topological polar surface area (TPSA) is 76.1 Å². The molecule has 3 rings (SSSR count). The summed E-state index contributed by atoms with van der Waals surface area (Å²) in [6.07, 6.45) is 0.833. The molecule has 1 aromatic heterocycles. The highest BCUT2D eigenvalue weighted by molar-refractivity contribution is 6.30. The number of aromatic nitrogens is 2. The average Bonchev–Trinajstić information content (AvgIpc) is 2.74. The maximum atomic E-state index is 12.3. The molecule has 0 aliphatic heterocycles. The van der Waals surface area contributed by atoms with Crippen molar-refractivity contribution in [2.45, 2.75) is 13.0 Å². The van der Waals surface area contributed by atoms with Gasteiger partial charge in [0.05, 0.1) is 7.11 Å². The first-order valence-electron chi connectivity index (χ1n) is 8.88. The Morgan fingerprint density at radius 2 is 1.82 bits per heavy atom. The summed E-state index contributed by atoms with van der Waals surface area (Å²) in [4.78, 5) is 12.3. The molecule has 2 aromatic carbocycles. The van der Waals surface area contributed by atoms with E-state index in [1.165, 1.54) is 5.56 Å². The highest BCUT2D eigenvalue weighted by Gasteiger charge is 2.09. The van der Waals surface area contributed by atoms with Gasteiger partial charge in [-0.15, -0.1) is 10.2 Å². The molecule has 0 saturated heterocycles. The number of carbonyl (C=O) groups excluding carboxylic acids is 1. The number of hydrogen-bond donors (Lipinski definition) is 2. The largest absolute Gasteiger partial charge is 0.496 e. The van der Waals surface area contributed by atoms with Crippen LogP contribution in [-0.4, -0.2) is 29.8 Å². The molecule has 3 aromatic rings. The molecular formula is C21H21ClN4O2. The van der Waals surface area contributed by atoms with Crippen LogP contribution in [0.1, 0.15) is 21.6 Å². The number of carbonyl (C=O) groups is 1. The highest BCUT2D eigenvalue weighted by atomic mass is 35.5. The van der Waals surface area contributed by atoms with Gasteiger partial charge in [0.1, 0.15) is 11.6 Å². The van der Waals surface area contributed by atoms with E-state index in [0.29, 0.717) is 18.9 Å². The number of rotatable bonds is 8. The number of nitrogens with zero attached hydrogens (tertiary/aromatic N) is 2. The third-order valence-electron chi connectivity index (χ3n) is 4.16. The van der Waals surface area contributed by atoms with Crippen LogP contribution in [0.3, 0.4) is 0 Å². The summed E-state index contributed by atoms with van der Waals surface area (Å²) in [5.41, 5.74) is 2.34. The van der Waals surface area contributed by atoms with Crippen LogP contribution in [0.15, 0.2) is 60.7 Å². The third kappa shape index (κ3) is 5.44. The predicted molar refractivity (Wildman–Crippen MR) is 110 cm³/mol. The van der Waals surface area contributed by atoms with Crippen molar-refractivity contribution < 1.29 is 9.53 Å². The Kier molecular flexibility index (Phi) is 6.81. The fourth-order valence-corrected chi connectivity index (χ4v) is 2.77. The summed E-state index contributed by atoms with van der Waals surface area (Å²) in [6.45, 7) is 1.06. The maximum Gasteiger partial charge on any atom is 0.272 e. The first-order valence-corrected chi connectivity index (χ1v) is 9.25. The van der Waals surface area contributed by atoms with Crippen molar-refractivity contribution in [1.29, 1.82) is 0 Å². The second kappa shape index (κ2) is 9.71. The van der Waals surface area contributed by atoms with Crippen LogP contribution in [0.25, 0.3) is 0 Å². The molecule has 0 atom stereocenters. The summed E-state index contributed by atoms with van der Waals surface area (Å²) in [7, 11) is 1.60. The van der Waals surface area contributed by atoms with Crippen LogP contribution >= 0.6 is 11.6 Å². The van der Waals surface area contributed by atoms with Crippen molar-refractivity contribution in [2.75, 3.05) is 19.0 Å². The first kappa shape index (κ1) is 19.6. The fraction of sp³-hybridized carbons (Fsp3) is 0.190. The number of hydrogen-bond acceptors (Lipinski definition) is 5. The Hall–Kier alpha value is -3.12. The Balaban J connectivity index is 1.49. The molecule has 1 amide bonds. The SMILES string of the molecule is COc1ccccc1CNC(=O)c1ccc(NCCc2ccc(Cl)cc2)nn1. The van der Waals surface area contributed by atoms with Crippen molar-refractivity contribution >= 4 is 23.3 Å². The molecule has 7 heteroatoms. The average molecular weight is 397 g/mol. The minimum absolute atomic E-state index is 0.262. The zero-order valence-corrected chi connectivity index (χ0v) is 16.2. The summed E-state index contributed by atoms with van der Waals surface area (Å²) in [6, 6.07) is 18.6. The van der Waals surface area contributed by atoms with E-state index in [0.717, 1.165) is 22.8 Å². The number of amides is 1. The van der Waals surface area contributed by atoms with Crippen LogP contribution in [0, 0.1) is 0 Å². The van der Waals surface area contributed by atoms with Gasteiger partial charge in [-0.1, -0.05) is 41.9 Å². The number of halogens is 1. The van der Waals surface area contributed by atoms with E-state index in [4.69, 9.17) is 16.3 Å². The standard InChI is InChI=1S/C21H21ClN4O2/c1-28-19-5-3-2-4-16(19)14-24-21(27)18-10-11-20(26-25-18)23-13-12-15-6-8-17(22)9-7-15/h2-11H,12-14H2,1H3,(H,23,26)(H,24,27). The van der Waals surface area contributed by atoms with Crippen molar-refractivity contribution in [3.63, 3.8) is 0 Å². The number of nitrogens with one attached hydrogen (secondary N) is 2. The second-order valence-electron chi connectivity index (χ2n) is 6.10. The van der Waals surface area contributed by atoms with Gasteiger partial charge in [0.25, 0.3) is 5.91 Å². The van der Waals surface area contributed by atoms with E-state index < -0.39 is 0 Å². The minimum Gasteiger partial charge on any atom is -0.496 e. The van der Waals surface area contributed by atoms with Crippen LogP contribution in [0.2, 0.25) is 5.02 Å². The molecular weight excluding hydrogens is 376 g/mol. The normalized spacial score (nSPS) is 10.4. The van der Waals surface area contributed by atoms with Crippen LogP contribution in [0.5, 0.6) is 5.75 Å². The summed E-state index contributed by atoms with van der Waals surface area (Å²) in [5, 5.41) is 14.8. The van der Waals surface area contributed by atoms with Crippen molar-refractivity contribution in [2.24, 2.45) is 0 Å². The van der Waals surface area contributed by atoms with Crippen LogP contribution < -0.4 is 15.4 Å². The molecule has 0 bridgehead atoms. The molecule has 6 nitrogen and oxygen atoms in total. The van der Waals surface area contributed by atoms with E-state index in [9.17, 15) is 4.79 Å². The number of benzene rings is 2. The molecule has 0 fully saturated rings. The Morgan fingerprint density at radius 1 is 1.04 bits per heavy atom. The molecule has 1 heterocycles. The zero-order valence-electron chi connectivity index (χ0n) is 15.5. The van der Waals surface area contributed by atoms with Gasteiger partial charge >= 0.3 is 0 Å². The Labute approximate surface area is 168 Å². The first-order chi connectivity index (χ1) is 13.7. The highest BCUT2D eigenvalue weighted by Crippen LogP contribution is 2.17. The number of para-hydroxylation sites is 1. The van der Waals surface area contributed by atoms with Gasteiger partial charge in [-0.25, -0.2) is 0 Å². The minimum atomic E-state index is -0.286. The lowest BCUT2D eigenvalue weighted by molar-refractivity contribution is 0.0944. The van der Waals surface area contributed by atoms with Gasteiger partial charge in [0.15, 0.2) is 5.69 Å². The van der Waals surface area contributed by atoms with Gasteiger partial charge in [-0.3, -0.25) is 4.79 Å². The molecule has 0 spiro atoms. The lowest BCUT2D eigenvalue weighted by atomic mass is 10.1. The molecule has 28 heavy (non-hydrogen) atoms. The fourth-order valence-electron chi connectivity index (χ4n) is 2.65. The Morgan fingerprint density at radius 3 is 2.54 bits per heavy atom. The molecule has 0 aliphatic rings. The monoisotopic (exact) mass is 396 g/mol. The second-order valence-corrected chi connectivity index (χ2v) is 6.54. The van der Waals surface area contributed by atoms with E-state index in [1.54, 1.807) is 19.2 Å². The van der Waals surface area contributed by atoms with Crippen molar-refractivity contribution in [3.8, 4) is 5.75 Å². The smallest absolute Gasteiger partial charge is 0.272 e. The van der Waals surface area contributed by atoms with Gasteiger partial charge in [0.2, 0.25) is 0 Å². The lowest BCUT2D eigenvalue weighted by Gasteiger charge is -2.09. The van der Waals surface area contributed by atoms with Crippen molar-refractivity contribution in [3.05, 3.63) is 82.5 Å². The van der Waals surface area contributed by atoms with E-state index >= 15 is 0 Å². The molecule has 0 aliphatic carbocycles. The lowest BCUT2D eigenvalue weighted by Crippen LogP contribution is -2.24. The summed E-state index contributed by atoms with van der Waals surface area (Å²) >= 11 is 5.88. The number of ether oxygens (including phenoxy) is 1. The van der Waals surface area contributed by atoms with E-state index in [2.05, 4.69) is 20.8 Å². The van der Waals surface area contributed by atoms with Gasteiger partial charge < -0.3 is 15.4 Å². The predicted octanol–water partition coefficient (Wildman–Crippen LogP) is 3.72. The molecule has 144 valence electrons. The third-order valence-corrected chi connectivity index (χ3v) is 4.41. The van der Waals surface area contributed by atoms with Gasteiger partial charge in [-0.2, -0.15) is 0 Å². The Bertz CT molecular complexity index is 914. The quantitative estimate of drug-likeness (QED) is 0.606. The number of anilines is 1. The van der Waals surface area contributed by atoms with Crippen LogP contribution in [0.4, 0.5) is 5.82 Å². The molecule has 0 unspecified atom stereocenters. The zero-order chi connectivity index (χ0) is 19.8. The van der Waals surface area contributed by atoms with Gasteiger partial charge in [0, 0.05) is 23.7 Å². The maximum absolute atomic E-state index is 12.3. The molecule has 0 radical (unpaired) electrons. The number of methoxy groups -OCH3 is 1. The van der Waals surface area contributed by atoms with Crippen LogP contribution in [-0.2, 0) is 13.0 Å². The van der Waals surface area contributed by atoms with Crippen molar-refractivity contribution in [1.82, 2.24) is 15.5 Å². The van der Waals surface area contributed by atoms with Gasteiger partial charge in [-0.05, 0) is 42.3 Å². The molecule has 0 saturated carbocycles.